The number of carbonyl (C=O) groups excluding carboxylic acids is 5. The van der Waals surface area contributed by atoms with Crippen LogP contribution in [0.15, 0.2) is 11.8 Å². The largest absolute Gasteiger partial charge is 0.468 e. The quantitative estimate of drug-likeness (QED) is 0.479. The summed E-state index contributed by atoms with van der Waals surface area (Å²) in [5, 5.41) is 2.10. The van der Waals surface area contributed by atoms with Crippen molar-refractivity contribution in [2.45, 2.75) is 18.9 Å². The van der Waals surface area contributed by atoms with Gasteiger partial charge in [0.2, 0.25) is 11.8 Å². The molecule has 2 rings (SSSR count). The molecule has 0 saturated carbocycles. The summed E-state index contributed by atoms with van der Waals surface area (Å²) < 4.78 is 4.50. The molecule has 9 nitrogen and oxygen atoms in total. The van der Waals surface area contributed by atoms with Gasteiger partial charge in [-0.25, -0.2) is 0 Å². The molecule has 0 aromatic carbocycles. The molecule has 0 aromatic heterocycles. The number of imide groups is 2. The number of amides is 4. The van der Waals surface area contributed by atoms with Gasteiger partial charge in [-0.1, -0.05) is 0 Å². The summed E-state index contributed by atoms with van der Waals surface area (Å²) in [7, 11) is 2.67. The van der Waals surface area contributed by atoms with Gasteiger partial charge in [-0.05, 0) is 6.42 Å². The lowest BCUT2D eigenvalue weighted by atomic mass is 10.0. The number of methoxy groups -OCH3 is 1. The molecule has 0 radical (unpaired) electrons. The molecule has 1 fully saturated rings. The van der Waals surface area contributed by atoms with Crippen LogP contribution in [0.5, 0.6) is 0 Å². The molecule has 22 heavy (non-hydrogen) atoms. The van der Waals surface area contributed by atoms with E-state index in [0.717, 1.165) is 11.0 Å². The van der Waals surface area contributed by atoms with Crippen LogP contribution in [0.3, 0.4) is 0 Å². The number of nitrogens with one attached hydrogen (secondary N) is 1. The van der Waals surface area contributed by atoms with Gasteiger partial charge < -0.3 is 9.64 Å². The molecule has 1 N–H and O–H groups in total. The Morgan fingerprint density at radius 1 is 1.41 bits per heavy atom. The van der Waals surface area contributed by atoms with Crippen LogP contribution < -0.4 is 5.32 Å². The molecule has 4 amide bonds. The third kappa shape index (κ3) is 2.83. The summed E-state index contributed by atoms with van der Waals surface area (Å²) in [5.41, 5.74) is 0.0000926. The highest BCUT2D eigenvalue weighted by molar-refractivity contribution is 6.18. The normalized spacial score (nSPS) is 21.6. The lowest BCUT2D eigenvalue weighted by Gasteiger charge is -2.29. The zero-order valence-electron chi connectivity index (χ0n) is 12.1. The maximum Gasteiger partial charge on any atom is 0.325 e. The van der Waals surface area contributed by atoms with Gasteiger partial charge in [-0.3, -0.25) is 34.2 Å². The molecule has 0 bridgehead atoms. The summed E-state index contributed by atoms with van der Waals surface area (Å²) in [6.07, 6.45) is 1.21. The smallest absolute Gasteiger partial charge is 0.325 e. The van der Waals surface area contributed by atoms with Crippen molar-refractivity contribution in [3.8, 4) is 0 Å². The SMILES string of the molecule is COC(=O)CN(C)C1=CC(=O)N(C2CCC(=O)NC2=O)C1=O. The summed E-state index contributed by atoms with van der Waals surface area (Å²) in [6, 6.07) is -1.02. The monoisotopic (exact) mass is 309 g/mol. The highest BCUT2D eigenvalue weighted by atomic mass is 16.5. The molecule has 118 valence electrons. The van der Waals surface area contributed by atoms with Crippen LogP contribution in [0.25, 0.3) is 0 Å². The van der Waals surface area contributed by atoms with Crippen LogP contribution in [0, 0.1) is 0 Å². The fraction of sp³-hybridized carbons (Fsp3) is 0.462. The van der Waals surface area contributed by atoms with Crippen molar-refractivity contribution in [3.05, 3.63) is 11.8 Å². The van der Waals surface area contributed by atoms with Crippen LogP contribution in [0.2, 0.25) is 0 Å². The minimum absolute atomic E-state index is 0.0000926. The summed E-state index contributed by atoms with van der Waals surface area (Å²) in [5.74, 6) is -3.00. The number of rotatable bonds is 4. The number of carbonyl (C=O) groups is 5. The number of likely N-dealkylation sites (N-methyl/N-ethyl adjacent to an activating group) is 1. The van der Waals surface area contributed by atoms with Gasteiger partial charge in [0.1, 0.15) is 18.3 Å². The fourth-order valence-electron chi connectivity index (χ4n) is 2.31. The zero-order chi connectivity index (χ0) is 16.4. The molecular formula is C13H15N3O6. The number of hydrogen-bond donors (Lipinski definition) is 1. The van der Waals surface area contributed by atoms with Crippen molar-refractivity contribution in [3.63, 3.8) is 0 Å². The van der Waals surface area contributed by atoms with E-state index in [4.69, 9.17) is 0 Å². The van der Waals surface area contributed by atoms with Crippen LogP contribution in [0.1, 0.15) is 12.8 Å². The maximum absolute atomic E-state index is 12.3. The maximum atomic E-state index is 12.3. The number of hydrogen-bond acceptors (Lipinski definition) is 7. The van der Waals surface area contributed by atoms with E-state index in [1.54, 1.807) is 0 Å². The first-order valence-corrected chi connectivity index (χ1v) is 6.56. The Kier molecular flexibility index (Phi) is 4.25. The molecule has 0 aromatic rings. The number of nitrogens with zero attached hydrogens (tertiary/aromatic N) is 2. The van der Waals surface area contributed by atoms with E-state index in [1.165, 1.54) is 19.1 Å². The van der Waals surface area contributed by atoms with E-state index in [1.807, 2.05) is 0 Å². The predicted octanol–water partition coefficient (Wildman–Crippen LogP) is -1.85. The average Bonchev–Trinajstić information content (AvgIpc) is 2.75. The Bertz CT molecular complexity index is 597. The van der Waals surface area contributed by atoms with Crippen LogP contribution in [0.4, 0.5) is 0 Å². The Labute approximate surface area is 125 Å². The average molecular weight is 309 g/mol. The third-order valence-corrected chi connectivity index (χ3v) is 3.46. The molecule has 0 spiro atoms. The van der Waals surface area contributed by atoms with Gasteiger partial charge in [0.05, 0.1) is 7.11 Å². The van der Waals surface area contributed by atoms with Crippen LogP contribution in [-0.4, -0.2) is 66.1 Å². The second-order valence-electron chi connectivity index (χ2n) is 4.94. The van der Waals surface area contributed by atoms with E-state index >= 15 is 0 Å². The molecular weight excluding hydrogens is 294 g/mol. The minimum Gasteiger partial charge on any atom is -0.468 e. The molecule has 1 atom stereocenters. The Morgan fingerprint density at radius 2 is 2.09 bits per heavy atom. The second-order valence-corrected chi connectivity index (χ2v) is 4.94. The first-order chi connectivity index (χ1) is 10.3. The minimum atomic E-state index is -1.02. The van der Waals surface area contributed by atoms with Crippen molar-refractivity contribution in [2.24, 2.45) is 0 Å². The molecule has 2 heterocycles. The van der Waals surface area contributed by atoms with Crippen molar-refractivity contribution < 1.29 is 28.7 Å². The number of esters is 1. The van der Waals surface area contributed by atoms with Gasteiger partial charge in [0, 0.05) is 19.5 Å². The highest BCUT2D eigenvalue weighted by Crippen LogP contribution is 2.22. The third-order valence-electron chi connectivity index (χ3n) is 3.46. The standard InChI is InChI=1S/C13H15N3O6/c1-15(6-11(19)22-2)8-5-10(18)16(13(8)21)7-3-4-9(17)14-12(7)20/h5,7H,3-4,6H2,1-2H3,(H,14,17,20). The van der Waals surface area contributed by atoms with E-state index in [9.17, 15) is 24.0 Å². The molecule has 1 unspecified atom stereocenters. The van der Waals surface area contributed by atoms with Crippen LogP contribution >= 0.6 is 0 Å². The summed E-state index contributed by atoms with van der Waals surface area (Å²) in [6.45, 7) is -0.204. The molecule has 0 aliphatic carbocycles. The fourth-order valence-corrected chi connectivity index (χ4v) is 2.31. The van der Waals surface area contributed by atoms with Gasteiger partial charge >= 0.3 is 5.97 Å². The number of piperidine rings is 1. The highest BCUT2D eigenvalue weighted by Gasteiger charge is 2.43. The molecule has 2 aliphatic rings. The van der Waals surface area contributed by atoms with Crippen molar-refractivity contribution in [2.75, 3.05) is 20.7 Å². The second kappa shape index (κ2) is 5.96. The molecule has 9 heteroatoms. The van der Waals surface area contributed by atoms with E-state index in [0.29, 0.717) is 0 Å². The molecule has 2 aliphatic heterocycles. The predicted molar refractivity (Wildman–Crippen MR) is 70.8 cm³/mol. The Balaban J connectivity index is 2.13. The first kappa shape index (κ1) is 15.7. The van der Waals surface area contributed by atoms with Gasteiger partial charge in [-0.2, -0.15) is 0 Å². The van der Waals surface area contributed by atoms with Crippen LogP contribution in [-0.2, 0) is 28.7 Å². The van der Waals surface area contributed by atoms with E-state index in [-0.39, 0.29) is 25.1 Å². The lowest BCUT2D eigenvalue weighted by Crippen LogP contribution is -2.55. The Hall–Kier alpha value is -2.71. The number of ether oxygens (including phenoxy) is 1. The Morgan fingerprint density at radius 3 is 2.68 bits per heavy atom. The van der Waals surface area contributed by atoms with E-state index in [2.05, 4.69) is 10.1 Å². The first-order valence-electron chi connectivity index (χ1n) is 6.56. The summed E-state index contributed by atoms with van der Waals surface area (Å²) >= 11 is 0. The van der Waals surface area contributed by atoms with Crippen molar-refractivity contribution >= 4 is 29.6 Å². The van der Waals surface area contributed by atoms with Crippen molar-refractivity contribution in [1.29, 1.82) is 0 Å². The van der Waals surface area contributed by atoms with Gasteiger partial charge in [-0.15, -0.1) is 0 Å². The zero-order valence-corrected chi connectivity index (χ0v) is 12.1. The lowest BCUT2D eigenvalue weighted by molar-refractivity contribution is -0.150. The van der Waals surface area contributed by atoms with Gasteiger partial charge in [0.15, 0.2) is 0 Å². The van der Waals surface area contributed by atoms with Gasteiger partial charge in [0.25, 0.3) is 11.8 Å². The topological polar surface area (TPSA) is 113 Å². The van der Waals surface area contributed by atoms with E-state index < -0.39 is 35.6 Å². The van der Waals surface area contributed by atoms with Crippen molar-refractivity contribution in [1.82, 2.24) is 15.1 Å². The summed E-state index contributed by atoms with van der Waals surface area (Å²) in [4.78, 5) is 60.6. The molecule has 1 saturated heterocycles.